The van der Waals surface area contributed by atoms with Gasteiger partial charge in [0, 0.05) is 23.1 Å². The molecule has 0 fully saturated rings. The van der Waals surface area contributed by atoms with Crippen molar-refractivity contribution in [2.75, 3.05) is 13.6 Å². The molecule has 114 valence electrons. The van der Waals surface area contributed by atoms with Gasteiger partial charge in [0.1, 0.15) is 11.5 Å². The largest absolute Gasteiger partial charge is 0.465 e. The Morgan fingerprint density at radius 2 is 1.90 bits per heavy atom. The van der Waals surface area contributed by atoms with E-state index in [0.29, 0.717) is 0 Å². The quantitative estimate of drug-likeness (QED) is 0.814. The second kappa shape index (κ2) is 7.78. The van der Waals surface area contributed by atoms with E-state index >= 15 is 0 Å². The van der Waals surface area contributed by atoms with Crippen LogP contribution in [0, 0.1) is 6.92 Å². The SMILES string of the molecule is CCNCc1cc(CN(C)Cc2ccccc2Br)c(C)o1. The van der Waals surface area contributed by atoms with Gasteiger partial charge < -0.3 is 9.73 Å². The number of nitrogens with zero attached hydrogens (tertiary/aromatic N) is 1. The molecule has 3 nitrogen and oxygen atoms in total. The number of furan rings is 1. The zero-order valence-electron chi connectivity index (χ0n) is 12.9. The fraction of sp³-hybridized carbons (Fsp3) is 0.412. The van der Waals surface area contributed by atoms with Crippen LogP contribution in [0.2, 0.25) is 0 Å². The minimum Gasteiger partial charge on any atom is -0.465 e. The van der Waals surface area contributed by atoms with Crippen LogP contribution in [0.5, 0.6) is 0 Å². The first-order valence-corrected chi connectivity index (χ1v) is 8.10. The Labute approximate surface area is 135 Å². The van der Waals surface area contributed by atoms with Gasteiger partial charge in [0.15, 0.2) is 0 Å². The third-order valence-electron chi connectivity index (χ3n) is 3.46. The van der Waals surface area contributed by atoms with E-state index < -0.39 is 0 Å². The van der Waals surface area contributed by atoms with Crippen LogP contribution in [0.3, 0.4) is 0 Å². The van der Waals surface area contributed by atoms with Gasteiger partial charge in [-0.25, -0.2) is 0 Å². The molecule has 21 heavy (non-hydrogen) atoms. The zero-order valence-corrected chi connectivity index (χ0v) is 14.5. The fourth-order valence-corrected chi connectivity index (χ4v) is 2.75. The second-order valence-corrected chi connectivity index (χ2v) is 6.19. The minimum absolute atomic E-state index is 0.797. The third kappa shape index (κ3) is 4.70. The normalized spacial score (nSPS) is 11.3. The summed E-state index contributed by atoms with van der Waals surface area (Å²) >= 11 is 3.60. The van der Waals surface area contributed by atoms with Crippen LogP contribution in [0.4, 0.5) is 0 Å². The number of halogens is 1. The highest BCUT2D eigenvalue weighted by Crippen LogP contribution is 2.20. The molecule has 0 unspecified atom stereocenters. The Morgan fingerprint density at radius 3 is 2.62 bits per heavy atom. The average Bonchev–Trinajstić information content (AvgIpc) is 2.79. The maximum absolute atomic E-state index is 5.79. The third-order valence-corrected chi connectivity index (χ3v) is 4.23. The van der Waals surface area contributed by atoms with Crippen molar-refractivity contribution in [2.24, 2.45) is 0 Å². The van der Waals surface area contributed by atoms with Gasteiger partial charge in [-0.3, -0.25) is 4.90 Å². The fourth-order valence-electron chi connectivity index (χ4n) is 2.34. The Hall–Kier alpha value is -1.10. The van der Waals surface area contributed by atoms with Crippen LogP contribution in [-0.2, 0) is 19.6 Å². The highest BCUT2D eigenvalue weighted by atomic mass is 79.9. The molecule has 0 atom stereocenters. The number of rotatable bonds is 7. The molecular formula is C17H23BrN2O. The first kappa shape index (κ1) is 16.3. The van der Waals surface area contributed by atoms with Crippen molar-refractivity contribution in [3.63, 3.8) is 0 Å². The molecule has 1 aromatic heterocycles. The lowest BCUT2D eigenvalue weighted by atomic mass is 10.2. The standard InChI is InChI=1S/C17H23BrN2O/c1-4-19-10-16-9-15(13(2)21-16)12-20(3)11-14-7-5-6-8-17(14)18/h5-9,19H,4,10-12H2,1-3H3. The summed E-state index contributed by atoms with van der Waals surface area (Å²) in [6.07, 6.45) is 0. The van der Waals surface area contributed by atoms with Crippen molar-refractivity contribution in [3.8, 4) is 0 Å². The van der Waals surface area contributed by atoms with Gasteiger partial charge in [-0.15, -0.1) is 0 Å². The topological polar surface area (TPSA) is 28.4 Å². The van der Waals surface area contributed by atoms with Crippen molar-refractivity contribution in [3.05, 3.63) is 57.5 Å². The molecule has 0 aliphatic carbocycles. The van der Waals surface area contributed by atoms with Crippen molar-refractivity contribution in [1.29, 1.82) is 0 Å². The summed E-state index contributed by atoms with van der Waals surface area (Å²) < 4.78 is 6.95. The lowest BCUT2D eigenvalue weighted by Gasteiger charge is -2.17. The van der Waals surface area contributed by atoms with Crippen LogP contribution >= 0.6 is 15.9 Å². The average molecular weight is 351 g/mol. The number of hydrogen-bond donors (Lipinski definition) is 1. The molecule has 0 saturated carbocycles. The van der Waals surface area contributed by atoms with E-state index in [1.807, 2.05) is 13.0 Å². The van der Waals surface area contributed by atoms with Crippen molar-refractivity contribution in [2.45, 2.75) is 33.5 Å². The van der Waals surface area contributed by atoms with Gasteiger partial charge >= 0.3 is 0 Å². The van der Waals surface area contributed by atoms with E-state index in [-0.39, 0.29) is 0 Å². The molecule has 1 aromatic carbocycles. The molecule has 0 aliphatic heterocycles. The first-order chi connectivity index (χ1) is 10.1. The Balaban J connectivity index is 1.98. The zero-order chi connectivity index (χ0) is 15.2. The van der Waals surface area contributed by atoms with E-state index in [9.17, 15) is 0 Å². The van der Waals surface area contributed by atoms with Gasteiger partial charge in [0.2, 0.25) is 0 Å². The monoisotopic (exact) mass is 350 g/mol. The molecule has 2 aromatic rings. The molecule has 0 bridgehead atoms. The van der Waals surface area contributed by atoms with E-state index in [4.69, 9.17) is 4.42 Å². The van der Waals surface area contributed by atoms with E-state index in [0.717, 1.165) is 42.2 Å². The molecule has 4 heteroatoms. The van der Waals surface area contributed by atoms with Gasteiger partial charge in [0.25, 0.3) is 0 Å². The van der Waals surface area contributed by atoms with Crippen LogP contribution < -0.4 is 5.32 Å². The van der Waals surface area contributed by atoms with Crippen LogP contribution in [0.15, 0.2) is 39.2 Å². The van der Waals surface area contributed by atoms with Gasteiger partial charge in [-0.2, -0.15) is 0 Å². The molecule has 0 radical (unpaired) electrons. The van der Waals surface area contributed by atoms with Crippen molar-refractivity contribution in [1.82, 2.24) is 10.2 Å². The summed E-state index contributed by atoms with van der Waals surface area (Å²) in [7, 11) is 2.13. The Kier molecular flexibility index (Phi) is 6.03. The van der Waals surface area contributed by atoms with Gasteiger partial charge in [0.05, 0.1) is 6.54 Å². The molecule has 0 saturated heterocycles. The Morgan fingerprint density at radius 1 is 1.19 bits per heavy atom. The van der Waals surface area contributed by atoms with Crippen molar-refractivity contribution < 1.29 is 4.42 Å². The lowest BCUT2D eigenvalue weighted by molar-refractivity contribution is 0.315. The molecule has 0 spiro atoms. The summed E-state index contributed by atoms with van der Waals surface area (Å²) in [5, 5.41) is 3.29. The predicted molar refractivity (Wildman–Crippen MR) is 90.1 cm³/mol. The number of hydrogen-bond acceptors (Lipinski definition) is 3. The molecule has 0 aliphatic rings. The molecule has 0 amide bonds. The molecule has 2 rings (SSSR count). The Bertz CT molecular complexity index is 580. The summed E-state index contributed by atoms with van der Waals surface area (Å²) in [6, 6.07) is 10.5. The highest BCUT2D eigenvalue weighted by Gasteiger charge is 2.10. The van der Waals surface area contributed by atoms with E-state index in [1.165, 1.54) is 11.1 Å². The maximum atomic E-state index is 5.79. The summed E-state index contributed by atoms with van der Waals surface area (Å²) in [5.74, 6) is 2.03. The number of aryl methyl sites for hydroxylation is 1. The van der Waals surface area contributed by atoms with Gasteiger partial charge in [-0.1, -0.05) is 41.1 Å². The highest BCUT2D eigenvalue weighted by molar-refractivity contribution is 9.10. The van der Waals surface area contributed by atoms with Gasteiger partial charge in [-0.05, 0) is 38.2 Å². The molecule has 1 heterocycles. The minimum atomic E-state index is 0.797. The van der Waals surface area contributed by atoms with Crippen LogP contribution in [-0.4, -0.2) is 18.5 Å². The maximum Gasteiger partial charge on any atom is 0.118 e. The first-order valence-electron chi connectivity index (χ1n) is 7.31. The molecule has 1 N–H and O–H groups in total. The second-order valence-electron chi connectivity index (χ2n) is 5.34. The predicted octanol–water partition coefficient (Wildman–Crippen LogP) is 4.09. The summed E-state index contributed by atoms with van der Waals surface area (Å²) in [6.45, 7) is 7.69. The van der Waals surface area contributed by atoms with Crippen molar-refractivity contribution >= 4 is 15.9 Å². The molecular weight excluding hydrogens is 328 g/mol. The summed E-state index contributed by atoms with van der Waals surface area (Å²) in [4.78, 5) is 2.30. The number of nitrogens with one attached hydrogen (secondary N) is 1. The van der Waals surface area contributed by atoms with E-state index in [2.05, 4.69) is 64.4 Å². The lowest BCUT2D eigenvalue weighted by Crippen LogP contribution is -2.17. The smallest absolute Gasteiger partial charge is 0.118 e. The van der Waals surface area contributed by atoms with E-state index in [1.54, 1.807) is 0 Å². The van der Waals surface area contributed by atoms with Crippen LogP contribution in [0.1, 0.15) is 29.6 Å². The summed E-state index contributed by atoms with van der Waals surface area (Å²) in [5.41, 5.74) is 2.56. The number of benzene rings is 1. The van der Waals surface area contributed by atoms with Crippen LogP contribution in [0.25, 0.3) is 0 Å².